The van der Waals surface area contributed by atoms with Crippen LogP contribution in [-0.4, -0.2) is 35.8 Å². The Balaban J connectivity index is 1.83. The molecule has 130 valence electrons. The van der Waals surface area contributed by atoms with E-state index in [1.165, 1.54) is 5.56 Å². The quantitative estimate of drug-likeness (QED) is 0.765. The van der Waals surface area contributed by atoms with E-state index in [4.69, 9.17) is 0 Å². The predicted molar refractivity (Wildman–Crippen MR) is 103 cm³/mol. The van der Waals surface area contributed by atoms with Gasteiger partial charge in [-0.15, -0.1) is 0 Å². The Kier molecular flexibility index (Phi) is 4.95. The lowest BCUT2D eigenvalue weighted by Crippen LogP contribution is -2.57. The number of benzene rings is 2. The summed E-state index contributed by atoms with van der Waals surface area (Å²) in [6, 6.07) is 12.9. The summed E-state index contributed by atoms with van der Waals surface area (Å²) in [5.74, 6) is -0.149. The van der Waals surface area contributed by atoms with Gasteiger partial charge in [-0.25, -0.2) is 0 Å². The smallest absolute Gasteiger partial charge is 0.254 e. The summed E-state index contributed by atoms with van der Waals surface area (Å²) < 4.78 is 0.853. The molecule has 3 rings (SSSR count). The Morgan fingerprint density at radius 3 is 2.56 bits per heavy atom. The lowest BCUT2D eigenvalue weighted by molar-refractivity contribution is -0.124. The second-order valence-corrected chi connectivity index (χ2v) is 7.38. The molecule has 1 saturated heterocycles. The van der Waals surface area contributed by atoms with Crippen LogP contribution >= 0.6 is 15.9 Å². The third-order valence-corrected chi connectivity index (χ3v) is 5.12. The van der Waals surface area contributed by atoms with E-state index in [1.807, 2.05) is 38.1 Å². The summed E-state index contributed by atoms with van der Waals surface area (Å²) in [4.78, 5) is 29.1. The molecule has 1 fully saturated rings. The minimum absolute atomic E-state index is 0.0402. The molecule has 1 heterocycles. The average Bonchev–Trinajstić information content (AvgIpc) is 2.57. The summed E-state index contributed by atoms with van der Waals surface area (Å²) in [5.41, 5.74) is 3.77. The molecule has 2 amide bonds. The number of rotatable bonds is 2. The lowest BCUT2D eigenvalue weighted by Gasteiger charge is -2.39. The van der Waals surface area contributed by atoms with Gasteiger partial charge in [0, 0.05) is 28.8 Å². The van der Waals surface area contributed by atoms with Gasteiger partial charge in [0.05, 0.1) is 0 Å². The van der Waals surface area contributed by atoms with Gasteiger partial charge in [0.2, 0.25) is 5.91 Å². The molecule has 1 aliphatic rings. The first-order valence-corrected chi connectivity index (χ1v) is 9.13. The van der Waals surface area contributed by atoms with E-state index < -0.39 is 6.04 Å². The highest BCUT2D eigenvalue weighted by atomic mass is 79.9. The van der Waals surface area contributed by atoms with Gasteiger partial charge in [0.1, 0.15) is 6.04 Å². The number of carbonyl (C=O) groups is 2. The maximum absolute atomic E-state index is 12.9. The zero-order valence-electron chi connectivity index (χ0n) is 14.6. The summed E-state index contributed by atoms with van der Waals surface area (Å²) in [6.45, 7) is 6.88. The minimum atomic E-state index is -0.485. The fourth-order valence-corrected chi connectivity index (χ4v) is 3.68. The van der Waals surface area contributed by atoms with Crippen LogP contribution < -0.4 is 4.90 Å². The predicted octanol–water partition coefficient (Wildman–Crippen LogP) is 3.94. The standard InChI is InChI=1S/C20H21BrN2O2/c1-13-7-8-18(14(2)11-13)23-10-9-22(15(3)19(23)24)20(25)16-5-4-6-17(21)12-16/h4-8,11-12,15H,9-10H2,1-3H3/t15-/m0/s1. The van der Waals surface area contributed by atoms with Gasteiger partial charge >= 0.3 is 0 Å². The van der Waals surface area contributed by atoms with E-state index in [0.29, 0.717) is 18.7 Å². The Morgan fingerprint density at radius 2 is 1.88 bits per heavy atom. The number of nitrogens with zero attached hydrogens (tertiary/aromatic N) is 2. The highest BCUT2D eigenvalue weighted by molar-refractivity contribution is 9.10. The Bertz CT molecular complexity index is 834. The number of hydrogen-bond acceptors (Lipinski definition) is 2. The number of halogens is 1. The average molecular weight is 401 g/mol. The van der Waals surface area contributed by atoms with Crippen LogP contribution in [0.25, 0.3) is 0 Å². The molecule has 4 nitrogen and oxygen atoms in total. The van der Waals surface area contributed by atoms with Gasteiger partial charge in [0.25, 0.3) is 5.91 Å². The number of aryl methyl sites for hydroxylation is 2. The highest BCUT2D eigenvalue weighted by Crippen LogP contribution is 2.26. The van der Waals surface area contributed by atoms with E-state index in [0.717, 1.165) is 15.7 Å². The van der Waals surface area contributed by atoms with Crippen LogP contribution in [0.15, 0.2) is 46.9 Å². The minimum Gasteiger partial charge on any atom is -0.325 e. The third-order valence-electron chi connectivity index (χ3n) is 4.63. The van der Waals surface area contributed by atoms with Crippen molar-refractivity contribution < 1.29 is 9.59 Å². The molecule has 1 atom stereocenters. The normalized spacial score (nSPS) is 17.8. The van der Waals surface area contributed by atoms with Crippen molar-refractivity contribution in [3.63, 3.8) is 0 Å². The molecule has 0 radical (unpaired) electrons. The highest BCUT2D eigenvalue weighted by Gasteiger charge is 2.35. The number of piperazine rings is 1. The first kappa shape index (κ1) is 17.7. The van der Waals surface area contributed by atoms with Crippen molar-refractivity contribution in [3.05, 3.63) is 63.6 Å². The maximum atomic E-state index is 12.9. The SMILES string of the molecule is Cc1ccc(N2CCN(C(=O)c3cccc(Br)c3)[C@@H](C)C2=O)c(C)c1. The molecule has 0 aromatic heterocycles. The van der Waals surface area contributed by atoms with Crippen molar-refractivity contribution in [1.82, 2.24) is 4.90 Å². The zero-order chi connectivity index (χ0) is 18.1. The summed E-state index contributed by atoms with van der Waals surface area (Å²) in [5, 5.41) is 0. The van der Waals surface area contributed by atoms with Crippen molar-refractivity contribution in [1.29, 1.82) is 0 Å². The van der Waals surface area contributed by atoms with Gasteiger partial charge in [-0.1, -0.05) is 39.7 Å². The number of carbonyl (C=O) groups excluding carboxylic acids is 2. The second-order valence-electron chi connectivity index (χ2n) is 6.46. The Morgan fingerprint density at radius 1 is 1.12 bits per heavy atom. The van der Waals surface area contributed by atoms with Crippen LogP contribution in [0.4, 0.5) is 5.69 Å². The van der Waals surface area contributed by atoms with Crippen molar-refractivity contribution in [2.75, 3.05) is 18.0 Å². The molecule has 0 bridgehead atoms. The molecular weight excluding hydrogens is 380 g/mol. The first-order chi connectivity index (χ1) is 11.9. The second kappa shape index (κ2) is 7.00. The number of amides is 2. The first-order valence-electron chi connectivity index (χ1n) is 8.33. The molecular formula is C20H21BrN2O2. The Hall–Kier alpha value is -2.14. The van der Waals surface area contributed by atoms with E-state index >= 15 is 0 Å². The van der Waals surface area contributed by atoms with Crippen molar-refractivity contribution in [3.8, 4) is 0 Å². The van der Waals surface area contributed by atoms with Crippen LogP contribution in [0.5, 0.6) is 0 Å². The monoisotopic (exact) mass is 400 g/mol. The molecule has 25 heavy (non-hydrogen) atoms. The number of anilines is 1. The van der Waals surface area contributed by atoms with Crippen LogP contribution in [0, 0.1) is 13.8 Å². The van der Waals surface area contributed by atoms with Crippen molar-refractivity contribution in [2.45, 2.75) is 26.8 Å². The number of hydrogen-bond donors (Lipinski definition) is 0. The third kappa shape index (κ3) is 3.47. The molecule has 0 saturated carbocycles. The van der Waals surface area contributed by atoms with Gasteiger partial charge in [-0.3, -0.25) is 9.59 Å². The van der Waals surface area contributed by atoms with Gasteiger partial charge in [-0.2, -0.15) is 0 Å². The van der Waals surface area contributed by atoms with Crippen LogP contribution in [0.3, 0.4) is 0 Å². The molecule has 2 aromatic carbocycles. The van der Waals surface area contributed by atoms with Crippen molar-refractivity contribution >= 4 is 33.4 Å². The molecule has 5 heteroatoms. The molecule has 1 aliphatic heterocycles. The molecule has 0 N–H and O–H groups in total. The van der Waals surface area contributed by atoms with E-state index in [1.54, 1.807) is 28.9 Å². The van der Waals surface area contributed by atoms with Crippen LogP contribution in [0.2, 0.25) is 0 Å². The topological polar surface area (TPSA) is 40.6 Å². The zero-order valence-corrected chi connectivity index (χ0v) is 16.2. The molecule has 0 spiro atoms. The molecule has 0 unspecified atom stereocenters. The fraction of sp³-hybridized carbons (Fsp3) is 0.300. The molecule has 2 aromatic rings. The summed E-state index contributed by atoms with van der Waals surface area (Å²) in [7, 11) is 0. The van der Waals surface area contributed by atoms with Gasteiger partial charge in [0.15, 0.2) is 0 Å². The summed E-state index contributed by atoms with van der Waals surface area (Å²) in [6.07, 6.45) is 0. The van der Waals surface area contributed by atoms with Crippen LogP contribution in [0.1, 0.15) is 28.4 Å². The van der Waals surface area contributed by atoms with E-state index in [2.05, 4.69) is 22.0 Å². The van der Waals surface area contributed by atoms with Gasteiger partial charge < -0.3 is 9.80 Å². The largest absolute Gasteiger partial charge is 0.325 e. The van der Waals surface area contributed by atoms with Crippen LogP contribution in [-0.2, 0) is 4.79 Å². The molecule has 0 aliphatic carbocycles. The van der Waals surface area contributed by atoms with E-state index in [-0.39, 0.29) is 11.8 Å². The van der Waals surface area contributed by atoms with Crippen molar-refractivity contribution in [2.24, 2.45) is 0 Å². The maximum Gasteiger partial charge on any atom is 0.254 e. The fourth-order valence-electron chi connectivity index (χ4n) is 3.28. The lowest BCUT2D eigenvalue weighted by atomic mass is 10.1. The van der Waals surface area contributed by atoms with E-state index in [9.17, 15) is 9.59 Å². The Labute approximate surface area is 156 Å². The summed E-state index contributed by atoms with van der Waals surface area (Å²) >= 11 is 3.39. The van der Waals surface area contributed by atoms with Gasteiger partial charge in [-0.05, 0) is 50.6 Å².